The van der Waals surface area contributed by atoms with Crippen LogP contribution < -0.4 is 0 Å². The summed E-state index contributed by atoms with van der Waals surface area (Å²) in [5.74, 6) is -0.316. The topological polar surface area (TPSA) is 66.9 Å². The molecular weight excluding hydrogens is 280 g/mol. The molecule has 1 fully saturated rings. The Bertz CT molecular complexity index is 592. The van der Waals surface area contributed by atoms with Crippen molar-refractivity contribution in [2.45, 2.75) is 0 Å². The Balaban J connectivity index is 1.78. The first-order valence-electron chi connectivity index (χ1n) is 5.93. The Morgan fingerprint density at radius 2 is 1.40 bits per heavy atom. The predicted octanol–water partition coefficient (Wildman–Crippen LogP) is 1.76. The van der Waals surface area contributed by atoms with Crippen LogP contribution in [0.15, 0.2) is 45.6 Å². The molecule has 0 saturated carbocycles. The number of nitrogens with zero attached hydrogens (tertiary/aromatic N) is 2. The smallest absolute Gasteiger partial charge is 0.295 e. The van der Waals surface area contributed by atoms with E-state index in [2.05, 4.69) is 0 Å². The summed E-state index contributed by atoms with van der Waals surface area (Å²) in [6.45, 7) is 0.676. The van der Waals surface area contributed by atoms with E-state index in [0.29, 0.717) is 13.1 Å². The Kier molecular flexibility index (Phi) is 3.11. The molecule has 0 aromatic carbocycles. The van der Waals surface area contributed by atoms with Gasteiger partial charge in [0.2, 0.25) is 0 Å². The molecule has 6 nitrogen and oxygen atoms in total. The largest absolute Gasteiger partial charge is 0.459 e. The van der Waals surface area contributed by atoms with Gasteiger partial charge >= 0.3 is 0 Å². The van der Waals surface area contributed by atoms with E-state index in [9.17, 15) is 9.59 Å². The van der Waals surface area contributed by atoms with Gasteiger partial charge in [0.05, 0.1) is 12.5 Å². The van der Waals surface area contributed by atoms with Crippen molar-refractivity contribution < 1.29 is 18.4 Å². The number of carbonyl (C=O) groups excluding carboxylic acids is 2. The van der Waals surface area contributed by atoms with E-state index in [1.165, 1.54) is 22.3 Å². The fraction of sp³-hybridized carbons (Fsp3) is 0.154. The summed E-state index contributed by atoms with van der Waals surface area (Å²) in [4.78, 5) is 27.0. The maximum Gasteiger partial charge on any atom is 0.295 e. The van der Waals surface area contributed by atoms with Crippen molar-refractivity contribution in [1.29, 1.82) is 0 Å². The molecule has 0 spiro atoms. The molecule has 1 saturated heterocycles. The minimum Gasteiger partial charge on any atom is -0.459 e. The van der Waals surface area contributed by atoms with Crippen LogP contribution in [-0.4, -0.2) is 39.8 Å². The van der Waals surface area contributed by atoms with Gasteiger partial charge in [-0.1, -0.05) is 0 Å². The van der Waals surface area contributed by atoms with Crippen molar-refractivity contribution in [1.82, 2.24) is 9.80 Å². The van der Waals surface area contributed by atoms with Gasteiger partial charge in [0.1, 0.15) is 0 Å². The number of carbonyl (C=O) groups is 2. The Morgan fingerprint density at radius 1 is 0.950 bits per heavy atom. The van der Waals surface area contributed by atoms with E-state index in [4.69, 9.17) is 21.1 Å². The summed E-state index contributed by atoms with van der Waals surface area (Å²) >= 11 is 5.19. The molecule has 0 radical (unpaired) electrons. The molecule has 2 aromatic heterocycles. The van der Waals surface area contributed by atoms with E-state index in [0.717, 1.165) is 0 Å². The average molecular weight is 290 g/mol. The highest BCUT2D eigenvalue weighted by molar-refractivity contribution is 7.80. The minimum absolute atomic E-state index is 0.160. The third-order valence-electron chi connectivity index (χ3n) is 2.96. The molecule has 2 amide bonds. The summed E-state index contributed by atoms with van der Waals surface area (Å²) in [5.41, 5.74) is 0. The quantitative estimate of drug-likeness (QED) is 0.788. The SMILES string of the molecule is O=C(c1ccco1)N1CCN(C(=O)c2ccco2)C1=S. The number of hydrogen-bond acceptors (Lipinski definition) is 5. The Labute approximate surface area is 119 Å². The van der Waals surface area contributed by atoms with Crippen molar-refractivity contribution in [2.75, 3.05) is 13.1 Å². The van der Waals surface area contributed by atoms with Gasteiger partial charge in [0, 0.05) is 13.1 Å². The standard InChI is InChI=1S/C13H10N2O4S/c16-11(9-3-1-7-18-9)14-5-6-15(13(14)20)12(17)10-4-2-8-19-10/h1-4,7-8H,5-6H2. The predicted molar refractivity (Wildman–Crippen MR) is 72.1 cm³/mol. The number of amides is 2. The zero-order chi connectivity index (χ0) is 14.1. The maximum atomic E-state index is 12.2. The highest BCUT2D eigenvalue weighted by Gasteiger charge is 2.36. The second-order valence-electron chi connectivity index (χ2n) is 4.15. The normalized spacial score (nSPS) is 14.9. The van der Waals surface area contributed by atoms with Crippen LogP contribution >= 0.6 is 12.2 Å². The van der Waals surface area contributed by atoms with Crippen LogP contribution in [-0.2, 0) is 0 Å². The molecule has 102 valence electrons. The van der Waals surface area contributed by atoms with Gasteiger partial charge in [-0.2, -0.15) is 0 Å². The number of hydrogen-bond donors (Lipinski definition) is 0. The first-order valence-corrected chi connectivity index (χ1v) is 6.34. The molecule has 0 bridgehead atoms. The maximum absolute atomic E-state index is 12.2. The second-order valence-corrected chi connectivity index (χ2v) is 4.52. The number of rotatable bonds is 2. The van der Waals surface area contributed by atoms with E-state index >= 15 is 0 Å². The van der Waals surface area contributed by atoms with Gasteiger partial charge in [0.25, 0.3) is 11.8 Å². The monoisotopic (exact) mass is 290 g/mol. The molecule has 1 aliphatic rings. The molecule has 3 rings (SSSR count). The Morgan fingerprint density at radius 3 is 1.75 bits per heavy atom. The molecule has 0 N–H and O–H groups in total. The van der Waals surface area contributed by atoms with E-state index in [-0.39, 0.29) is 28.4 Å². The highest BCUT2D eigenvalue weighted by atomic mass is 32.1. The molecular formula is C13H10N2O4S. The highest BCUT2D eigenvalue weighted by Crippen LogP contribution is 2.17. The number of furan rings is 2. The summed E-state index contributed by atoms with van der Waals surface area (Å²) < 4.78 is 10.1. The molecule has 7 heteroatoms. The van der Waals surface area contributed by atoms with Crippen LogP contribution in [0.5, 0.6) is 0 Å². The molecule has 20 heavy (non-hydrogen) atoms. The molecule has 2 aromatic rings. The zero-order valence-electron chi connectivity index (χ0n) is 10.3. The molecule has 1 aliphatic heterocycles. The lowest BCUT2D eigenvalue weighted by Gasteiger charge is -2.17. The summed E-state index contributed by atoms with van der Waals surface area (Å²) in [6.07, 6.45) is 2.83. The van der Waals surface area contributed by atoms with Crippen molar-refractivity contribution in [3.63, 3.8) is 0 Å². The minimum atomic E-state index is -0.352. The van der Waals surface area contributed by atoms with Crippen LogP contribution in [0, 0.1) is 0 Å². The van der Waals surface area contributed by atoms with Gasteiger partial charge in [-0.3, -0.25) is 19.4 Å². The summed E-state index contributed by atoms with van der Waals surface area (Å²) in [7, 11) is 0. The van der Waals surface area contributed by atoms with Gasteiger partial charge < -0.3 is 8.83 Å². The van der Waals surface area contributed by atoms with Gasteiger partial charge in [0.15, 0.2) is 16.6 Å². The van der Waals surface area contributed by atoms with Crippen molar-refractivity contribution >= 4 is 29.1 Å². The van der Waals surface area contributed by atoms with E-state index in [1.54, 1.807) is 24.3 Å². The fourth-order valence-electron chi connectivity index (χ4n) is 1.98. The zero-order valence-corrected chi connectivity index (χ0v) is 11.1. The molecule has 3 heterocycles. The first-order chi connectivity index (χ1) is 9.68. The summed E-state index contributed by atoms with van der Waals surface area (Å²) in [6, 6.07) is 6.36. The van der Waals surface area contributed by atoms with Crippen molar-refractivity contribution in [3.8, 4) is 0 Å². The van der Waals surface area contributed by atoms with E-state index in [1.807, 2.05) is 0 Å². The molecule has 0 unspecified atom stereocenters. The molecule has 0 atom stereocenters. The first kappa shape index (κ1) is 12.6. The third-order valence-corrected chi connectivity index (χ3v) is 3.40. The lowest BCUT2D eigenvalue weighted by molar-refractivity contribution is 0.0826. The van der Waals surface area contributed by atoms with Crippen LogP contribution in [0.2, 0.25) is 0 Å². The van der Waals surface area contributed by atoms with Crippen LogP contribution in [0.3, 0.4) is 0 Å². The van der Waals surface area contributed by atoms with Gasteiger partial charge in [-0.25, -0.2) is 0 Å². The van der Waals surface area contributed by atoms with Crippen LogP contribution in [0.4, 0.5) is 0 Å². The van der Waals surface area contributed by atoms with Crippen LogP contribution in [0.25, 0.3) is 0 Å². The summed E-state index contributed by atoms with van der Waals surface area (Å²) in [5, 5.41) is 0.160. The second kappa shape index (κ2) is 4.93. The average Bonchev–Trinajstić information content (AvgIpc) is 3.19. The third kappa shape index (κ3) is 2.01. The lowest BCUT2D eigenvalue weighted by atomic mass is 10.4. The van der Waals surface area contributed by atoms with E-state index < -0.39 is 0 Å². The number of thiocarbonyl (C=S) groups is 1. The van der Waals surface area contributed by atoms with Crippen LogP contribution in [0.1, 0.15) is 21.1 Å². The van der Waals surface area contributed by atoms with Crippen molar-refractivity contribution in [3.05, 3.63) is 48.3 Å². The Hall–Kier alpha value is -2.41. The molecule has 0 aliphatic carbocycles. The lowest BCUT2D eigenvalue weighted by Crippen LogP contribution is -2.38. The fourth-order valence-corrected chi connectivity index (χ4v) is 2.33. The van der Waals surface area contributed by atoms with Gasteiger partial charge in [-0.05, 0) is 36.5 Å². The van der Waals surface area contributed by atoms with Gasteiger partial charge in [-0.15, -0.1) is 0 Å². The van der Waals surface area contributed by atoms with Crippen molar-refractivity contribution in [2.24, 2.45) is 0 Å².